The zero-order valence-corrected chi connectivity index (χ0v) is 13.5. The van der Waals surface area contributed by atoms with Crippen LogP contribution in [0.25, 0.3) is 11.3 Å². The molecule has 1 aromatic heterocycles. The van der Waals surface area contributed by atoms with E-state index < -0.39 is 9.84 Å². The van der Waals surface area contributed by atoms with E-state index in [0.29, 0.717) is 13.0 Å². The Balaban J connectivity index is 1.52. The van der Waals surface area contributed by atoms with Crippen molar-refractivity contribution in [2.45, 2.75) is 13.0 Å². The molecule has 0 spiro atoms. The fourth-order valence-corrected chi connectivity index (χ4v) is 4.57. The molecule has 1 fully saturated rings. The first-order valence-electron chi connectivity index (χ1n) is 7.58. The average molecular weight is 333 g/mol. The van der Waals surface area contributed by atoms with Gasteiger partial charge in [-0.2, -0.15) is 5.10 Å². The number of rotatable bonds is 5. The molecule has 2 heterocycles. The van der Waals surface area contributed by atoms with E-state index in [1.807, 2.05) is 36.4 Å². The monoisotopic (exact) mass is 333 g/mol. The topological polar surface area (TPSA) is 81.1 Å². The number of carbonyl (C=O) groups excluding carboxylic acids is 1. The van der Waals surface area contributed by atoms with Gasteiger partial charge in [0.15, 0.2) is 9.84 Å². The van der Waals surface area contributed by atoms with Crippen LogP contribution in [0.15, 0.2) is 42.6 Å². The highest BCUT2D eigenvalue weighted by molar-refractivity contribution is 7.91. The van der Waals surface area contributed by atoms with Gasteiger partial charge in [-0.25, -0.2) is 8.42 Å². The summed E-state index contributed by atoms with van der Waals surface area (Å²) in [6.07, 6.45) is 2.39. The van der Waals surface area contributed by atoms with Crippen LogP contribution in [0.4, 0.5) is 0 Å². The first-order valence-corrected chi connectivity index (χ1v) is 9.40. The first-order chi connectivity index (χ1) is 11.0. The molecule has 0 saturated carbocycles. The van der Waals surface area contributed by atoms with Gasteiger partial charge in [-0.1, -0.05) is 30.3 Å². The lowest BCUT2D eigenvalue weighted by molar-refractivity contribution is -0.122. The molecule has 23 heavy (non-hydrogen) atoms. The Morgan fingerprint density at radius 2 is 2.04 bits per heavy atom. The number of sulfone groups is 1. The van der Waals surface area contributed by atoms with Crippen molar-refractivity contribution in [1.29, 1.82) is 0 Å². The van der Waals surface area contributed by atoms with Crippen LogP contribution in [0.5, 0.6) is 0 Å². The lowest BCUT2D eigenvalue weighted by Crippen LogP contribution is -2.32. The number of aromatic nitrogens is 2. The number of carbonyl (C=O) groups is 1. The van der Waals surface area contributed by atoms with E-state index in [0.717, 1.165) is 11.3 Å². The van der Waals surface area contributed by atoms with Crippen LogP contribution in [-0.4, -0.2) is 42.2 Å². The van der Waals surface area contributed by atoms with Crippen LogP contribution in [0, 0.1) is 5.92 Å². The van der Waals surface area contributed by atoms with Gasteiger partial charge < -0.3 is 5.32 Å². The maximum Gasteiger partial charge on any atom is 0.241 e. The van der Waals surface area contributed by atoms with Gasteiger partial charge in [-0.05, 0) is 18.4 Å². The number of amides is 1. The van der Waals surface area contributed by atoms with E-state index in [2.05, 4.69) is 10.4 Å². The van der Waals surface area contributed by atoms with Crippen LogP contribution in [0.2, 0.25) is 0 Å². The molecule has 1 aliphatic heterocycles. The molecule has 0 bridgehead atoms. The van der Waals surface area contributed by atoms with Crippen molar-refractivity contribution in [3.05, 3.63) is 42.6 Å². The Bertz CT molecular complexity index is 784. The molecule has 7 heteroatoms. The van der Waals surface area contributed by atoms with Crippen LogP contribution in [0.3, 0.4) is 0 Å². The summed E-state index contributed by atoms with van der Waals surface area (Å²) < 4.78 is 24.4. The third kappa shape index (κ3) is 4.19. The second-order valence-electron chi connectivity index (χ2n) is 5.84. The highest BCUT2D eigenvalue weighted by Crippen LogP contribution is 2.17. The largest absolute Gasteiger partial charge is 0.354 e. The quantitative estimate of drug-likeness (QED) is 0.888. The minimum Gasteiger partial charge on any atom is -0.354 e. The van der Waals surface area contributed by atoms with Gasteiger partial charge in [0.05, 0.1) is 17.2 Å². The van der Waals surface area contributed by atoms with E-state index in [4.69, 9.17) is 0 Å². The average Bonchev–Trinajstić information content (AvgIpc) is 3.12. The van der Waals surface area contributed by atoms with Gasteiger partial charge in [0.25, 0.3) is 0 Å². The number of nitrogens with one attached hydrogen (secondary N) is 1. The summed E-state index contributed by atoms with van der Waals surface area (Å²) in [7, 11) is -2.90. The number of benzene rings is 1. The predicted molar refractivity (Wildman–Crippen MR) is 87.4 cm³/mol. The zero-order chi connectivity index (χ0) is 16.3. The highest BCUT2D eigenvalue weighted by Gasteiger charge is 2.27. The van der Waals surface area contributed by atoms with Gasteiger partial charge in [-0.15, -0.1) is 0 Å². The summed E-state index contributed by atoms with van der Waals surface area (Å²) in [5.74, 6) is 0.277. The van der Waals surface area contributed by atoms with E-state index >= 15 is 0 Å². The summed E-state index contributed by atoms with van der Waals surface area (Å²) in [5.41, 5.74) is 1.82. The maximum atomic E-state index is 12.0. The summed E-state index contributed by atoms with van der Waals surface area (Å²) in [6.45, 7) is 0.539. The summed E-state index contributed by atoms with van der Waals surface area (Å²) in [4.78, 5) is 12.0. The van der Waals surface area contributed by atoms with E-state index in [1.54, 1.807) is 10.9 Å². The molecule has 1 saturated heterocycles. The Hall–Kier alpha value is -2.15. The van der Waals surface area contributed by atoms with Gasteiger partial charge >= 0.3 is 0 Å². The molecule has 0 radical (unpaired) electrons. The second-order valence-corrected chi connectivity index (χ2v) is 8.07. The zero-order valence-electron chi connectivity index (χ0n) is 12.7. The Kier molecular flexibility index (Phi) is 4.47. The number of hydrogen-bond donors (Lipinski definition) is 1. The summed E-state index contributed by atoms with van der Waals surface area (Å²) in [5, 5.41) is 7.18. The van der Waals surface area contributed by atoms with Gasteiger partial charge in [0.1, 0.15) is 6.54 Å². The molecule has 1 amide bonds. The minimum absolute atomic E-state index is 0.0291. The SMILES string of the molecule is O=C(Cn1ccc(-c2ccccc2)n1)NCC1CCS(=O)(=O)C1. The molecular weight excluding hydrogens is 314 g/mol. The van der Waals surface area contributed by atoms with Gasteiger partial charge in [0.2, 0.25) is 5.91 Å². The van der Waals surface area contributed by atoms with Gasteiger partial charge in [0, 0.05) is 18.3 Å². The molecule has 122 valence electrons. The van der Waals surface area contributed by atoms with Crippen molar-refractivity contribution in [3.63, 3.8) is 0 Å². The number of nitrogens with zero attached hydrogens (tertiary/aromatic N) is 2. The Labute approximate surface area is 135 Å². The predicted octanol–water partition coefficient (Wildman–Crippen LogP) is 1.10. The molecule has 1 N–H and O–H groups in total. The van der Waals surface area contributed by atoms with Crippen molar-refractivity contribution in [3.8, 4) is 11.3 Å². The third-order valence-electron chi connectivity index (χ3n) is 3.93. The van der Waals surface area contributed by atoms with Crippen molar-refractivity contribution >= 4 is 15.7 Å². The molecule has 1 aromatic carbocycles. The molecular formula is C16H19N3O3S. The van der Waals surface area contributed by atoms with Crippen molar-refractivity contribution in [2.24, 2.45) is 5.92 Å². The van der Waals surface area contributed by atoms with Gasteiger partial charge in [-0.3, -0.25) is 9.48 Å². The number of hydrogen-bond acceptors (Lipinski definition) is 4. The smallest absolute Gasteiger partial charge is 0.241 e. The van der Waals surface area contributed by atoms with Crippen LogP contribution >= 0.6 is 0 Å². The molecule has 3 rings (SSSR count). The molecule has 6 nitrogen and oxygen atoms in total. The lowest BCUT2D eigenvalue weighted by Gasteiger charge is -2.09. The Morgan fingerprint density at radius 1 is 1.26 bits per heavy atom. The standard InChI is InChI=1S/C16H19N3O3S/c20-16(17-10-13-7-9-23(21,22)12-13)11-19-8-6-15(18-19)14-4-2-1-3-5-14/h1-6,8,13H,7,9-12H2,(H,17,20). The van der Waals surface area contributed by atoms with Crippen LogP contribution < -0.4 is 5.32 Å². The fourth-order valence-electron chi connectivity index (χ4n) is 2.71. The molecule has 1 atom stereocenters. The third-order valence-corrected chi connectivity index (χ3v) is 5.77. The van der Waals surface area contributed by atoms with Crippen molar-refractivity contribution < 1.29 is 13.2 Å². The molecule has 0 aliphatic carbocycles. The van der Waals surface area contributed by atoms with Crippen LogP contribution in [-0.2, 0) is 21.2 Å². The highest BCUT2D eigenvalue weighted by atomic mass is 32.2. The van der Waals surface area contributed by atoms with Crippen molar-refractivity contribution in [1.82, 2.24) is 15.1 Å². The lowest BCUT2D eigenvalue weighted by atomic mass is 10.1. The summed E-state index contributed by atoms with van der Waals surface area (Å²) >= 11 is 0. The van der Waals surface area contributed by atoms with Crippen LogP contribution in [0.1, 0.15) is 6.42 Å². The summed E-state index contributed by atoms with van der Waals surface area (Å²) in [6, 6.07) is 11.6. The second kappa shape index (κ2) is 6.54. The molecule has 1 aliphatic rings. The Morgan fingerprint density at radius 3 is 2.74 bits per heavy atom. The molecule has 1 unspecified atom stereocenters. The van der Waals surface area contributed by atoms with E-state index in [-0.39, 0.29) is 29.9 Å². The molecule has 2 aromatic rings. The first kappa shape index (κ1) is 15.7. The maximum absolute atomic E-state index is 12.0. The van der Waals surface area contributed by atoms with E-state index in [1.165, 1.54) is 0 Å². The normalized spacial score (nSPS) is 19.6. The minimum atomic E-state index is -2.90. The van der Waals surface area contributed by atoms with E-state index in [9.17, 15) is 13.2 Å². The fraction of sp³-hybridized carbons (Fsp3) is 0.375. The van der Waals surface area contributed by atoms with Crippen molar-refractivity contribution in [2.75, 3.05) is 18.1 Å².